The molecule has 114 valence electrons. The second-order valence-electron chi connectivity index (χ2n) is 6.18. The van der Waals surface area contributed by atoms with Gasteiger partial charge in [-0.2, -0.15) is 0 Å². The van der Waals surface area contributed by atoms with Gasteiger partial charge in [0, 0.05) is 0 Å². The average molecular weight is 352 g/mol. The van der Waals surface area contributed by atoms with Crippen molar-refractivity contribution in [3.05, 3.63) is 30.3 Å². The molecule has 1 saturated carbocycles. The van der Waals surface area contributed by atoms with E-state index in [0.29, 0.717) is 25.7 Å². The van der Waals surface area contributed by atoms with Gasteiger partial charge < -0.3 is 0 Å². The van der Waals surface area contributed by atoms with Crippen molar-refractivity contribution in [1.82, 2.24) is 4.90 Å². The van der Waals surface area contributed by atoms with E-state index in [1.54, 1.807) is 7.11 Å². The van der Waals surface area contributed by atoms with Crippen LogP contribution in [0, 0.1) is 5.92 Å². The molecule has 3 nitrogen and oxygen atoms in total. The number of hydrogen-bond acceptors (Lipinski definition) is 2. The van der Waals surface area contributed by atoms with Gasteiger partial charge in [-0.3, -0.25) is 0 Å². The summed E-state index contributed by atoms with van der Waals surface area (Å²) < 4.78 is 7.17. The van der Waals surface area contributed by atoms with Gasteiger partial charge >= 0.3 is 133 Å². The number of methoxy groups -OCH3 is 1. The van der Waals surface area contributed by atoms with Crippen LogP contribution in [0.25, 0.3) is 0 Å². The molecule has 0 N–H and O–H groups in total. The van der Waals surface area contributed by atoms with Gasteiger partial charge in [0.1, 0.15) is 0 Å². The number of carbonyl (C=O) groups excluding carboxylic acids is 1. The molecular weight excluding hydrogens is 329 g/mol. The van der Waals surface area contributed by atoms with Crippen LogP contribution in [-0.4, -0.2) is 51.1 Å². The average Bonchev–Trinajstić information content (AvgIpc) is 2.69. The number of hydrogen-bond donors (Lipinski definition) is 0. The first-order chi connectivity index (χ1) is 10.1. The van der Waals surface area contributed by atoms with Gasteiger partial charge in [-0.25, -0.2) is 0 Å². The number of likely N-dealkylation sites (tertiary alicyclic amines) is 1. The van der Waals surface area contributed by atoms with Crippen molar-refractivity contribution in [3.63, 3.8) is 0 Å². The Kier molecular flexibility index (Phi) is 4.39. The molecule has 0 aromatic heterocycles. The predicted octanol–water partition coefficient (Wildman–Crippen LogP) is 1.85. The fourth-order valence-corrected chi connectivity index (χ4v) is 6.59. The van der Waals surface area contributed by atoms with E-state index < -0.39 is 0 Å². The molecule has 0 spiro atoms. The molecule has 1 aliphatic carbocycles. The quantitative estimate of drug-likeness (QED) is 0.774. The number of ether oxygens (including phenoxy) is 1. The molecule has 3 rings (SSSR count). The summed E-state index contributed by atoms with van der Waals surface area (Å²) in [5.41, 5.74) is 0. The summed E-state index contributed by atoms with van der Waals surface area (Å²) in [7, 11) is 1.76. The zero-order valence-corrected chi connectivity index (χ0v) is 14.6. The maximum absolute atomic E-state index is 12.6. The number of carbonyl (C=O) groups is 1. The minimum absolute atomic E-state index is 0.0873. The van der Waals surface area contributed by atoms with Crippen LogP contribution in [0.2, 0.25) is 4.82 Å². The number of benzene rings is 1. The van der Waals surface area contributed by atoms with Crippen molar-refractivity contribution in [2.45, 2.75) is 49.7 Å². The number of fused-ring (bicyclic) bond motifs is 2. The second-order valence-corrected chi connectivity index (χ2v) is 8.94. The zero-order valence-electron chi connectivity index (χ0n) is 12.9. The van der Waals surface area contributed by atoms with Crippen LogP contribution in [0.3, 0.4) is 0 Å². The fraction of sp³-hybridized carbons (Fsp3) is 0.588. The van der Waals surface area contributed by atoms with E-state index in [0.717, 1.165) is 12.8 Å². The van der Waals surface area contributed by atoms with Crippen LogP contribution in [0.5, 0.6) is 0 Å². The van der Waals surface area contributed by atoms with Crippen molar-refractivity contribution in [1.29, 1.82) is 0 Å². The SMILES string of the molecule is COC1[C@H]2C([Se]c3ccccc3)CC[C@@H]1C(=O)N2C(C)C. The molecule has 4 atom stereocenters. The summed E-state index contributed by atoms with van der Waals surface area (Å²) in [5.74, 6) is 0.401. The molecule has 21 heavy (non-hydrogen) atoms. The van der Waals surface area contributed by atoms with Gasteiger partial charge in [-0.1, -0.05) is 0 Å². The molecular formula is C17H23NO2Se. The molecule has 2 aliphatic rings. The standard InChI is InChI=1S/C17H23NO2Se/c1-11(2)18-15-14(21-12-7-5-4-6-8-12)10-9-13(17(18)19)16(15)20-3/h4-8,11,13-16H,9-10H2,1-3H3/t13-,14?,15+,16?/m0/s1. The molecule has 1 heterocycles. The topological polar surface area (TPSA) is 29.5 Å². The van der Waals surface area contributed by atoms with Gasteiger partial charge in [0.15, 0.2) is 0 Å². The molecule has 2 unspecified atom stereocenters. The summed E-state index contributed by atoms with van der Waals surface area (Å²) in [5, 5.41) is 0. The number of rotatable bonds is 4. The Morgan fingerprint density at radius 3 is 2.57 bits per heavy atom. The normalized spacial score (nSPS) is 32.0. The Bertz CT molecular complexity index is 505. The molecule has 2 bridgehead atoms. The summed E-state index contributed by atoms with van der Waals surface area (Å²) >= 11 is 0.394. The van der Waals surface area contributed by atoms with E-state index in [-0.39, 0.29) is 24.1 Å². The predicted molar refractivity (Wildman–Crippen MR) is 84.9 cm³/mol. The van der Waals surface area contributed by atoms with Crippen molar-refractivity contribution in [2.75, 3.05) is 7.11 Å². The molecule has 4 heteroatoms. The summed E-state index contributed by atoms with van der Waals surface area (Å²) in [6.45, 7) is 4.25. The molecule has 1 amide bonds. The van der Waals surface area contributed by atoms with Crippen LogP contribution in [-0.2, 0) is 9.53 Å². The van der Waals surface area contributed by atoms with Crippen LogP contribution in [0.1, 0.15) is 26.7 Å². The van der Waals surface area contributed by atoms with E-state index in [1.165, 1.54) is 4.46 Å². The Morgan fingerprint density at radius 2 is 1.95 bits per heavy atom. The molecule has 1 saturated heterocycles. The number of amides is 1. The van der Waals surface area contributed by atoms with Gasteiger partial charge in [0.05, 0.1) is 0 Å². The third-order valence-corrected chi connectivity index (χ3v) is 7.49. The van der Waals surface area contributed by atoms with Gasteiger partial charge in [0.25, 0.3) is 0 Å². The Labute approximate surface area is 133 Å². The monoisotopic (exact) mass is 353 g/mol. The van der Waals surface area contributed by atoms with Crippen LogP contribution >= 0.6 is 0 Å². The van der Waals surface area contributed by atoms with Crippen molar-refractivity contribution >= 4 is 25.3 Å². The molecule has 1 aromatic carbocycles. The molecule has 1 aliphatic heterocycles. The first kappa shape index (κ1) is 15.1. The van der Waals surface area contributed by atoms with Gasteiger partial charge in [0.2, 0.25) is 0 Å². The van der Waals surface area contributed by atoms with E-state index in [4.69, 9.17) is 4.74 Å². The van der Waals surface area contributed by atoms with E-state index in [9.17, 15) is 4.79 Å². The van der Waals surface area contributed by atoms with E-state index in [1.807, 2.05) is 0 Å². The fourth-order valence-electron chi connectivity index (χ4n) is 3.77. The zero-order chi connectivity index (χ0) is 15.0. The van der Waals surface area contributed by atoms with E-state index >= 15 is 0 Å². The number of nitrogens with zero attached hydrogens (tertiary/aromatic N) is 1. The van der Waals surface area contributed by atoms with Gasteiger partial charge in [-0.05, 0) is 0 Å². The maximum atomic E-state index is 12.6. The van der Waals surface area contributed by atoms with Crippen molar-refractivity contribution in [3.8, 4) is 0 Å². The molecule has 0 radical (unpaired) electrons. The van der Waals surface area contributed by atoms with Crippen LogP contribution < -0.4 is 4.46 Å². The van der Waals surface area contributed by atoms with E-state index in [2.05, 4.69) is 49.1 Å². The Morgan fingerprint density at radius 1 is 1.24 bits per heavy atom. The second kappa shape index (κ2) is 6.12. The third kappa shape index (κ3) is 2.65. The van der Waals surface area contributed by atoms with Crippen molar-refractivity contribution < 1.29 is 9.53 Å². The third-order valence-electron chi connectivity index (χ3n) is 4.63. The summed E-state index contributed by atoms with van der Waals surface area (Å²) in [6, 6.07) is 11.2. The van der Waals surface area contributed by atoms with Crippen molar-refractivity contribution in [2.24, 2.45) is 5.92 Å². The molecule has 2 fully saturated rings. The first-order valence-electron chi connectivity index (χ1n) is 7.70. The van der Waals surface area contributed by atoms with Crippen LogP contribution in [0.4, 0.5) is 0 Å². The van der Waals surface area contributed by atoms with Gasteiger partial charge in [-0.15, -0.1) is 0 Å². The Hall–Kier alpha value is -0.831. The van der Waals surface area contributed by atoms with Crippen LogP contribution in [0.15, 0.2) is 30.3 Å². The summed E-state index contributed by atoms with van der Waals surface area (Å²) in [4.78, 5) is 15.3. The summed E-state index contributed by atoms with van der Waals surface area (Å²) in [6.07, 6.45) is 2.22. The Balaban J connectivity index is 1.87. The first-order valence-corrected chi connectivity index (χ1v) is 9.54. The minimum atomic E-state index is 0.0873. The molecule has 1 aromatic rings.